The Bertz CT molecular complexity index is 257. The van der Waals surface area contributed by atoms with E-state index in [9.17, 15) is 19.8 Å². The minimum absolute atomic E-state index is 0.711. The van der Waals surface area contributed by atoms with Crippen LogP contribution < -0.4 is 5.32 Å². The lowest BCUT2D eigenvalue weighted by Gasteiger charge is -2.26. The van der Waals surface area contributed by atoms with Crippen molar-refractivity contribution in [2.45, 2.75) is 31.3 Å². The molecule has 0 aliphatic carbocycles. The molecule has 6 N–H and O–H groups in total. The standard InChI is InChI=1S/C8H15NO7/c1-3(11)9-5(8(15)16)7(14)6(13)4(12)2-10/h4-7,10,12-14H,2H2,1H3,(H,9,11)(H,15,16)/t4?,5-,6-,7-/m1/s1. The van der Waals surface area contributed by atoms with Gasteiger partial charge in [-0.05, 0) is 0 Å². The average Bonchev–Trinajstić information content (AvgIpc) is 2.22. The van der Waals surface area contributed by atoms with Crippen LogP contribution in [0.3, 0.4) is 0 Å². The topological polar surface area (TPSA) is 147 Å². The molecule has 0 bridgehead atoms. The molecule has 0 saturated carbocycles. The minimum atomic E-state index is -1.93. The van der Waals surface area contributed by atoms with Gasteiger partial charge in [-0.1, -0.05) is 0 Å². The van der Waals surface area contributed by atoms with Crippen LogP contribution in [0.2, 0.25) is 0 Å². The van der Waals surface area contributed by atoms with Gasteiger partial charge in [-0.15, -0.1) is 0 Å². The summed E-state index contributed by atoms with van der Waals surface area (Å²) in [5.41, 5.74) is 0. The summed E-state index contributed by atoms with van der Waals surface area (Å²) in [5, 5.41) is 46.7. The summed E-state index contributed by atoms with van der Waals surface area (Å²) in [5.74, 6) is -2.27. The lowest BCUT2D eigenvalue weighted by atomic mass is 10.0. The first-order valence-corrected chi connectivity index (χ1v) is 4.46. The molecule has 0 aliphatic heterocycles. The number of amides is 1. The number of carbonyl (C=O) groups excluding carboxylic acids is 1. The van der Waals surface area contributed by atoms with Crippen LogP contribution in [0, 0.1) is 0 Å². The van der Waals surface area contributed by atoms with E-state index in [1.165, 1.54) is 0 Å². The van der Waals surface area contributed by atoms with E-state index in [4.69, 9.17) is 15.3 Å². The van der Waals surface area contributed by atoms with Crippen molar-refractivity contribution in [2.75, 3.05) is 6.61 Å². The Labute approximate surface area is 91.1 Å². The molecule has 0 aliphatic rings. The van der Waals surface area contributed by atoms with Gasteiger partial charge in [0.25, 0.3) is 0 Å². The molecule has 0 heterocycles. The van der Waals surface area contributed by atoms with Gasteiger partial charge in [0.05, 0.1) is 6.61 Å². The van der Waals surface area contributed by atoms with Crippen LogP contribution in [0.15, 0.2) is 0 Å². The van der Waals surface area contributed by atoms with Crippen molar-refractivity contribution in [3.05, 3.63) is 0 Å². The third-order valence-electron chi connectivity index (χ3n) is 1.90. The number of aliphatic hydroxyl groups is 4. The van der Waals surface area contributed by atoms with E-state index in [1.54, 1.807) is 0 Å². The molecule has 4 atom stereocenters. The molecule has 16 heavy (non-hydrogen) atoms. The third kappa shape index (κ3) is 4.11. The van der Waals surface area contributed by atoms with Crippen molar-refractivity contribution >= 4 is 11.9 Å². The molecule has 0 aromatic rings. The monoisotopic (exact) mass is 237 g/mol. The highest BCUT2D eigenvalue weighted by atomic mass is 16.4. The van der Waals surface area contributed by atoms with Crippen molar-refractivity contribution in [3.63, 3.8) is 0 Å². The summed E-state index contributed by atoms with van der Waals surface area (Å²) in [6.07, 6.45) is -5.49. The second-order valence-corrected chi connectivity index (χ2v) is 3.25. The van der Waals surface area contributed by atoms with Crippen LogP contribution in [0.1, 0.15) is 6.92 Å². The second-order valence-electron chi connectivity index (χ2n) is 3.25. The van der Waals surface area contributed by atoms with Crippen molar-refractivity contribution in [1.82, 2.24) is 5.32 Å². The summed E-state index contributed by atoms with van der Waals surface area (Å²) < 4.78 is 0. The summed E-state index contributed by atoms with van der Waals surface area (Å²) >= 11 is 0. The number of rotatable bonds is 6. The SMILES string of the molecule is CC(=O)N[C@@H](C(=O)O)[C@@H](O)[C@H](O)C(O)CO. The maximum absolute atomic E-state index is 10.7. The first-order valence-electron chi connectivity index (χ1n) is 4.46. The highest BCUT2D eigenvalue weighted by molar-refractivity contribution is 5.82. The van der Waals surface area contributed by atoms with E-state index in [0.29, 0.717) is 0 Å². The zero-order valence-corrected chi connectivity index (χ0v) is 8.57. The maximum Gasteiger partial charge on any atom is 0.329 e. The Kier molecular flexibility index (Phi) is 5.89. The molecule has 94 valence electrons. The van der Waals surface area contributed by atoms with E-state index in [2.05, 4.69) is 0 Å². The number of hydrogen-bond donors (Lipinski definition) is 6. The molecule has 0 saturated heterocycles. The van der Waals surface area contributed by atoms with E-state index in [1.807, 2.05) is 5.32 Å². The van der Waals surface area contributed by atoms with Crippen molar-refractivity contribution < 1.29 is 35.1 Å². The van der Waals surface area contributed by atoms with Crippen molar-refractivity contribution in [2.24, 2.45) is 0 Å². The molecule has 0 aromatic heterocycles. The average molecular weight is 237 g/mol. The smallest absolute Gasteiger partial charge is 0.329 e. The number of carbonyl (C=O) groups is 2. The summed E-state index contributed by atoms with van der Waals surface area (Å²) in [7, 11) is 0. The van der Waals surface area contributed by atoms with E-state index >= 15 is 0 Å². The molecule has 8 heteroatoms. The third-order valence-corrected chi connectivity index (χ3v) is 1.90. The number of hydrogen-bond acceptors (Lipinski definition) is 6. The zero-order chi connectivity index (χ0) is 12.9. The van der Waals surface area contributed by atoms with Gasteiger partial charge < -0.3 is 30.8 Å². The molecule has 0 aromatic carbocycles. The normalized spacial score (nSPS) is 18.3. The molecular formula is C8H15NO7. The number of aliphatic carboxylic acids is 1. The zero-order valence-electron chi connectivity index (χ0n) is 8.57. The fourth-order valence-electron chi connectivity index (χ4n) is 1.04. The summed E-state index contributed by atoms with van der Waals surface area (Å²) in [4.78, 5) is 21.3. The molecule has 1 unspecified atom stereocenters. The van der Waals surface area contributed by atoms with Crippen LogP contribution >= 0.6 is 0 Å². The molecule has 0 radical (unpaired) electrons. The predicted octanol–water partition coefficient (Wildman–Crippen LogP) is -3.35. The minimum Gasteiger partial charge on any atom is -0.480 e. The Balaban J connectivity index is 4.66. The molecule has 0 rings (SSSR count). The van der Waals surface area contributed by atoms with Gasteiger partial charge in [-0.25, -0.2) is 4.79 Å². The molecule has 8 nitrogen and oxygen atoms in total. The maximum atomic E-state index is 10.7. The highest BCUT2D eigenvalue weighted by Crippen LogP contribution is 2.05. The number of carboxylic acids is 1. The van der Waals surface area contributed by atoms with E-state index in [0.717, 1.165) is 6.92 Å². The van der Waals surface area contributed by atoms with Gasteiger partial charge in [-0.3, -0.25) is 4.79 Å². The van der Waals surface area contributed by atoms with Crippen LogP contribution in [-0.4, -0.2) is 68.4 Å². The fourth-order valence-corrected chi connectivity index (χ4v) is 1.04. The summed E-state index contributed by atoms with van der Waals surface area (Å²) in [6, 6.07) is -1.76. The van der Waals surface area contributed by atoms with Gasteiger partial charge in [0.15, 0.2) is 6.04 Å². The number of nitrogens with one attached hydrogen (secondary N) is 1. The van der Waals surface area contributed by atoms with E-state index < -0.39 is 42.8 Å². The predicted molar refractivity (Wildman–Crippen MR) is 50.3 cm³/mol. The quantitative estimate of drug-likeness (QED) is 0.283. The Hall–Kier alpha value is -1.22. The van der Waals surface area contributed by atoms with E-state index in [-0.39, 0.29) is 0 Å². The largest absolute Gasteiger partial charge is 0.480 e. The Morgan fingerprint density at radius 1 is 1.19 bits per heavy atom. The molecular weight excluding hydrogens is 222 g/mol. The second kappa shape index (κ2) is 6.38. The first-order chi connectivity index (χ1) is 7.31. The van der Waals surface area contributed by atoms with Gasteiger partial charge in [-0.2, -0.15) is 0 Å². The lowest BCUT2D eigenvalue weighted by molar-refractivity contribution is -0.151. The van der Waals surface area contributed by atoms with Crippen LogP contribution in [0.5, 0.6) is 0 Å². The number of aliphatic hydroxyl groups excluding tert-OH is 4. The van der Waals surface area contributed by atoms with Crippen molar-refractivity contribution in [1.29, 1.82) is 0 Å². The van der Waals surface area contributed by atoms with Crippen molar-refractivity contribution in [3.8, 4) is 0 Å². The van der Waals surface area contributed by atoms with Gasteiger partial charge >= 0.3 is 5.97 Å². The fraction of sp³-hybridized carbons (Fsp3) is 0.750. The lowest BCUT2D eigenvalue weighted by Crippen LogP contribution is -2.55. The van der Waals surface area contributed by atoms with Crippen LogP contribution in [0.4, 0.5) is 0 Å². The van der Waals surface area contributed by atoms with Gasteiger partial charge in [0.1, 0.15) is 18.3 Å². The van der Waals surface area contributed by atoms with Gasteiger partial charge in [0, 0.05) is 6.92 Å². The Morgan fingerprint density at radius 3 is 2.00 bits per heavy atom. The highest BCUT2D eigenvalue weighted by Gasteiger charge is 2.35. The molecule has 0 fully saturated rings. The van der Waals surface area contributed by atoms with Crippen LogP contribution in [0.25, 0.3) is 0 Å². The first kappa shape index (κ1) is 14.8. The number of carboxylic acid groups (broad SMARTS) is 1. The Morgan fingerprint density at radius 2 is 1.69 bits per heavy atom. The van der Waals surface area contributed by atoms with Crippen LogP contribution in [-0.2, 0) is 9.59 Å². The molecule has 1 amide bonds. The van der Waals surface area contributed by atoms with Gasteiger partial charge in [0.2, 0.25) is 5.91 Å². The molecule has 0 spiro atoms. The summed E-state index contributed by atoms with van der Waals surface area (Å²) in [6.45, 7) is 0.197.